The lowest BCUT2D eigenvalue weighted by atomic mass is 10.2. The van der Waals surface area contributed by atoms with Gasteiger partial charge in [0, 0.05) is 12.5 Å². The van der Waals surface area contributed by atoms with Gasteiger partial charge in [0.1, 0.15) is 11.3 Å². The molecule has 0 N–H and O–H groups in total. The molecule has 0 fully saturated rings. The molecule has 0 aliphatic heterocycles. The Morgan fingerprint density at radius 2 is 1.87 bits per heavy atom. The van der Waals surface area contributed by atoms with E-state index in [4.69, 9.17) is 21.1 Å². The van der Waals surface area contributed by atoms with Gasteiger partial charge in [-0.3, -0.25) is 9.69 Å². The van der Waals surface area contributed by atoms with Crippen LogP contribution in [0.2, 0.25) is 5.02 Å². The Morgan fingerprint density at radius 1 is 1.26 bits per heavy atom. The van der Waals surface area contributed by atoms with E-state index in [0.29, 0.717) is 10.7 Å². The third-order valence-electron chi connectivity index (χ3n) is 2.81. The summed E-state index contributed by atoms with van der Waals surface area (Å²) in [4.78, 5) is 25.6. The molecule has 0 aliphatic carbocycles. The summed E-state index contributed by atoms with van der Waals surface area (Å²) >= 11 is 6.27. The number of para-hydroxylation sites is 1. The van der Waals surface area contributed by atoms with Crippen LogP contribution in [0.1, 0.15) is 48.0 Å². The Bertz CT molecular complexity index is 578. The molecule has 128 valence electrons. The van der Waals surface area contributed by atoms with Gasteiger partial charge in [0.05, 0.1) is 5.02 Å². The molecule has 1 rings (SSSR count). The molecule has 0 spiro atoms. The average Bonchev–Trinajstić information content (AvgIpc) is 2.39. The van der Waals surface area contributed by atoms with Crippen molar-refractivity contribution in [1.29, 1.82) is 0 Å². The summed E-state index contributed by atoms with van der Waals surface area (Å²) in [5.41, 5.74) is -0.314. The van der Waals surface area contributed by atoms with Gasteiger partial charge in [-0.15, -0.1) is 0 Å². The molecule has 0 saturated heterocycles. The lowest BCUT2D eigenvalue weighted by Crippen LogP contribution is -2.41. The van der Waals surface area contributed by atoms with Crippen molar-refractivity contribution in [2.24, 2.45) is 0 Å². The largest absolute Gasteiger partial charge is 0.443 e. The number of hydrogen-bond donors (Lipinski definition) is 0. The summed E-state index contributed by atoms with van der Waals surface area (Å²) in [7, 11) is 0. The molecule has 6 heteroatoms. The van der Waals surface area contributed by atoms with Crippen LogP contribution in [-0.2, 0) is 9.53 Å². The highest BCUT2D eigenvalue weighted by molar-refractivity contribution is 6.34. The number of esters is 1. The van der Waals surface area contributed by atoms with Crippen LogP contribution in [-0.4, -0.2) is 23.7 Å². The molecule has 0 bridgehead atoms. The van der Waals surface area contributed by atoms with Gasteiger partial charge in [-0.25, -0.2) is 4.79 Å². The first-order valence-corrected chi connectivity index (χ1v) is 7.96. The first-order valence-electron chi connectivity index (χ1n) is 7.58. The minimum atomic E-state index is -0.647. The van der Waals surface area contributed by atoms with E-state index < -0.39 is 17.7 Å². The average molecular weight is 342 g/mol. The number of anilines is 1. The highest BCUT2D eigenvalue weighted by Crippen LogP contribution is 2.38. The predicted octanol–water partition coefficient (Wildman–Crippen LogP) is 4.81. The van der Waals surface area contributed by atoms with Crippen LogP contribution in [0.4, 0.5) is 10.5 Å². The summed E-state index contributed by atoms with van der Waals surface area (Å²) in [6, 6.07) is 4.68. The van der Waals surface area contributed by atoms with Crippen molar-refractivity contribution in [3.05, 3.63) is 23.2 Å². The van der Waals surface area contributed by atoms with Crippen LogP contribution in [0.25, 0.3) is 0 Å². The number of benzene rings is 1. The Morgan fingerprint density at radius 3 is 2.35 bits per heavy atom. The Balaban J connectivity index is 3.31. The van der Waals surface area contributed by atoms with Gasteiger partial charge in [0.2, 0.25) is 0 Å². The van der Waals surface area contributed by atoms with Crippen LogP contribution < -0.4 is 9.64 Å². The second-order valence-corrected chi connectivity index (χ2v) is 6.77. The maximum absolute atomic E-state index is 12.6. The van der Waals surface area contributed by atoms with E-state index in [-0.39, 0.29) is 18.2 Å². The molecule has 23 heavy (non-hydrogen) atoms. The van der Waals surface area contributed by atoms with E-state index in [0.717, 1.165) is 0 Å². The zero-order chi connectivity index (χ0) is 17.8. The zero-order valence-corrected chi connectivity index (χ0v) is 15.2. The van der Waals surface area contributed by atoms with Crippen LogP contribution in [0.5, 0.6) is 5.75 Å². The number of carbonyl (C=O) groups is 2. The van der Waals surface area contributed by atoms with Gasteiger partial charge in [0.25, 0.3) is 0 Å². The first kappa shape index (κ1) is 19.3. The lowest BCUT2D eigenvalue weighted by molar-refractivity contribution is -0.134. The number of halogens is 1. The van der Waals surface area contributed by atoms with Crippen molar-refractivity contribution in [2.45, 2.75) is 59.6 Å². The van der Waals surface area contributed by atoms with E-state index in [9.17, 15) is 9.59 Å². The fourth-order valence-corrected chi connectivity index (χ4v) is 2.13. The summed E-state index contributed by atoms with van der Waals surface area (Å²) in [6.07, 6.45) is -0.325. The second-order valence-electron chi connectivity index (χ2n) is 6.36. The summed E-state index contributed by atoms with van der Waals surface area (Å²) in [5, 5.41) is 0.311. The van der Waals surface area contributed by atoms with Crippen LogP contribution in [0.3, 0.4) is 0 Å². The third-order valence-corrected chi connectivity index (χ3v) is 3.11. The Hall–Kier alpha value is -1.75. The topological polar surface area (TPSA) is 55.8 Å². The minimum Gasteiger partial charge on any atom is -0.443 e. The predicted molar refractivity (Wildman–Crippen MR) is 91.2 cm³/mol. The van der Waals surface area contributed by atoms with Crippen LogP contribution in [0.15, 0.2) is 18.2 Å². The highest BCUT2D eigenvalue weighted by Gasteiger charge is 2.30. The summed E-state index contributed by atoms with van der Waals surface area (Å²) in [6.45, 7) is 10.7. The van der Waals surface area contributed by atoms with Crippen molar-refractivity contribution >= 4 is 29.4 Å². The van der Waals surface area contributed by atoms with Crippen LogP contribution >= 0.6 is 11.6 Å². The zero-order valence-electron chi connectivity index (χ0n) is 14.5. The minimum absolute atomic E-state index is 0.222. The highest BCUT2D eigenvalue weighted by atomic mass is 35.5. The first-order chi connectivity index (χ1) is 10.6. The van der Waals surface area contributed by atoms with Crippen LogP contribution in [0, 0.1) is 0 Å². The number of carbonyl (C=O) groups excluding carboxylic acids is 2. The number of nitrogens with zero attached hydrogens (tertiary/aromatic N) is 1. The molecule has 0 unspecified atom stereocenters. The Labute approximate surface area is 142 Å². The number of ether oxygens (including phenoxy) is 2. The molecule has 1 aromatic rings. The van der Waals surface area contributed by atoms with Gasteiger partial charge in [0.15, 0.2) is 5.75 Å². The van der Waals surface area contributed by atoms with Crippen molar-refractivity contribution in [1.82, 2.24) is 0 Å². The molecule has 0 aromatic heterocycles. The fourth-order valence-electron chi connectivity index (χ4n) is 1.88. The summed E-state index contributed by atoms with van der Waals surface area (Å²) < 4.78 is 10.8. The quantitative estimate of drug-likeness (QED) is 0.582. The molecule has 0 heterocycles. The lowest BCUT2D eigenvalue weighted by Gasteiger charge is -2.31. The molecule has 1 aromatic carbocycles. The smallest absolute Gasteiger partial charge is 0.415 e. The number of hydrogen-bond acceptors (Lipinski definition) is 4. The van der Waals surface area contributed by atoms with Gasteiger partial charge in [-0.1, -0.05) is 24.6 Å². The normalized spacial score (nSPS) is 11.3. The maximum Gasteiger partial charge on any atom is 0.415 e. The van der Waals surface area contributed by atoms with Gasteiger partial charge >= 0.3 is 12.1 Å². The monoisotopic (exact) mass is 341 g/mol. The fraction of sp³-hybridized carbons (Fsp3) is 0.529. The summed E-state index contributed by atoms with van der Waals surface area (Å²) in [5.74, 6) is -0.162. The van der Waals surface area contributed by atoms with E-state index in [2.05, 4.69) is 0 Å². The van der Waals surface area contributed by atoms with Gasteiger partial charge in [-0.2, -0.15) is 0 Å². The standard InChI is InChI=1S/C17H24ClNO4/c1-7-14(20)22-13-10-8-9-12(18)15(13)19(11(2)3)16(21)23-17(4,5)6/h8-11H,7H2,1-6H3. The molecule has 0 radical (unpaired) electrons. The molecule has 0 aliphatic rings. The third kappa shape index (κ3) is 5.43. The Kier molecular flexibility index (Phi) is 6.45. The molecule has 1 amide bonds. The molecule has 0 atom stereocenters. The van der Waals surface area contributed by atoms with E-state index in [1.165, 1.54) is 4.90 Å². The second kappa shape index (κ2) is 7.68. The SMILES string of the molecule is CCC(=O)Oc1cccc(Cl)c1N(C(=O)OC(C)(C)C)C(C)C. The van der Waals surface area contributed by atoms with Gasteiger partial charge < -0.3 is 9.47 Å². The van der Waals surface area contributed by atoms with Gasteiger partial charge in [-0.05, 0) is 46.8 Å². The molecular formula is C17H24ClNO4. The number of amides is 1. The van der Waals surface area contributed by atoms with Crippen molar-refractivity contribution in [3.63, 3.8) is 0 Å². The molecular weight excluding hydrogens is 318 g/mol. The van der Waals surface area contributed by atoms with E-state index in [1.54, 1.807) is 45.9 Å². The van der Waals surface area contributed by atoms with Crippen molar-refractivity contribution in [3.8, 4) is 5.75 Å². The van der Waals surface area contributed by atoms with E-state index in [1.807, 2.05) is 13.8 Å². The van der Waals surface area contributed by atoms with Crippen molar-refractivity contribution < 1.29 is 19.1 Å². The molecule has 0 saturated carbocycles. The van der Waals surface area contributed by atoms with Crippen molar-refractivity contribution in [2.75, 3.05) is 4.90 Å². The number of rotatable bonds is 4. The molecule has 5 nitrogen and oxygen atoms in total. The maximum atomic E-state index is 12.6. The van der Waals surface area contributed by atoms with E-state index >= 15 is 0 Å².